The van der Waals surface area contributed by atoms with Crippen LogP contribution in [0, 0.1) is 17.8 Å². The zero-order chi connectivity index (χ0) is 22.3. The van der Waals surface area contributed by atoms with Gasteiger partial charge in [-0.1, -0.05) is 102 Å². The molecular formula is C28H36O2. The Balaban J connectivity index is 2.15. The normalized spacial score (nSPS) is 11.2. The van der Waals surface area contributed by atoms with E-state index in [1.807, 2.05) is 52.0 Å². The van der Waals surface area contributed by atoms with Gasteiger partial charge in [-0.2, -0.15) is 0 Å². The van der Waals surface area contributed by atoms with E-state index in [4.69, 9.17) is 0 Å². The molecule has 0 aliphatic carbocycles. The third-order valence-corrected chi connectivity index (χ3v) is 5.27. The lowest BCUT2D eigenvalue weighted by molar-refractivity contribution is 0.0932. The van der Waals surface area contributed by atoms with Crippen LogP contribution in [0.1, 0.15) is 79.8 Å². The summed E-state index contributed by atoms with van der Waals surface area (Å²) < 4.78 is 0. The molecule has 2 nitrogen and oxygen atoms in total. The van der Waals surface area contributed by atoms with Crippen molar-refractivity contribution in [3.63, 3.8) is 0 Å². The van der Waals surface area contributed by atoms with E-state index in [2.05, 4.69) is 44.2 Å². The molecule has 0 saturated heterocycles. The third kappa shape index (κ3) is 7.09. The molecule has 2 aromatic carbocycles. The largest absolute Gasteiger partial charge is 0.294 e. The molecule has 0 fully saturated rings. The summed E-state index contributed by atoms with van der Waals surface area (Å²) in [5.74, 6) is 1.02. The summed E-state index contributed by atoms with van der Waals surface area (Å²) in [5.41, 5.74) is 5.38. The first-order chi connectivity index (χ1) is 14.2. The summed E-state index contributed by atoms with van der Waals surface area (Å²) in [6, 6.07) is 16.1. The van der Waals surface area contributed by atoms with Crippen LogP contribution < -0.4 is 0 Å². The Labute approximate surface area is 182 Å². The minimum atomic E-state index is 0.0166. The lowest BCUT2D eigenvalue weighted by Gasteiger charge is -2.12. The molecule has 0 atom stereocenters. The maximum atomic E-state index is 12.2. The van der Waals surface area contributed by atoms with Gasteiger partial charge >= 0.3 is 0 Å². The summed E-state index contributed by atoms with van der Waals surface area (Å²) in [6.07, 6.45) is 5.14. The van der Waals surface area contributed by atoms with Gasteiger partial charge in [-0.05, 0) is 36.3 Å². The fourth-order valence-corrected chi connectivity index (χ4v) is 3.37. The average molecular weight is 405 g/mol. The second-order valence-corrected chi connectivity index (χ2v) is 9.28. The molecule has 0 aliphatic heterocycles. The quantitative estimate of drug-likeness (QED) is 0.312. The highest BCUT2D eigenvalue weighted by Gasteiger charge is 2.12. The van der Waals surface area contributed by atoms with Crippen molar-refractivity contribution in [2.75, 3.05) is 0 Å². The Morgan fingerprint density at radius 3 is 1.33 bits per heavy atom. The van der Waals surface area contributed by atoms with Crippen LogP contribution in [0.5, 0.6) is 0 Å². The first kappa shape index (κ1) is 23.8. The highest BCUT2D eigenvalue weighted by molar-refractivity contribution is 5.97. The SMILES string of the molecule is CC(C)CC=C(Cc1ccc(C(=O)C(C)C)cc1)Cc1ccc(C(=O)C(C)C)cc1. The fourth-order valence-electron chi connectivity index (χ4n) is 3.37. The lowest BCUT2D eigenvalue weighted by Crippen LogP contribution is -2.07. The van der Waals surface area contributed by atoms with Crippen molar-refractivity contribution in [2.45, 2.75) is 60.8 Å². The van der Waals surface area contributed by atoms with Crippen molar-refractivity contribution < 1.29 is 9.59 Å². The smallest absolute Gasteiger partial charge is 0.165 e. The number of carbonyl (C=O) groups is 2. The Morgan fingerprint density at radius 1 is 0.667 bits per heavy atom. The van der Waals surface area contributed by atoms with Crippen LogP contribution in [0.25, 0.3) is 0 Å². The van der Waals surface area contributed by atoms with Crippen molar-refractivity contribution in [3.05, 3.63) is 82.4 Å². The van der Waals surface area contributed by atoms with Crippen molar-refractivity contribution in [1.82, 2.24) is 0 Å². The highest BCUT2D eigenvalue weighted by atomic mass is 16.1. The Hall–Kier alpha value is -2.48. The minimum Gasteiger partial charge on any atom is -0.294 e. The maximum absolute atomic E-state index is 12.2. The van der Waals surface area contributed by atoms with E-state index in [0.717, 1.165) is 30.4 Å². The Kier molecular flexibility index (Phi) is 8.77. The van der Waals surface area contributed by atoms with Gasteiger partial charge in [-0.15, -0.1) is 0 Å². The van der Waals surface area contributed by atoms with E-state index in [1.165, 1.54) is 16.7 Å². The van der Waals surface area contributed by atoms with Crippen molar-refractivity contribution in [3.8, 4) is 0 Å². The van der Waals surface area contributed by atoms with Crippen LogP contribution in [0.3, 0.4) is 0 Å². The van der Waals surface area contributed by atoms with E-state index in [-0.39, 0.29) is 23.4 Å². The predicted octanol–water partition coefficient (Wildman–Crippen LogP) is 7.12. The molecule has 0 bridgehead atoms. The van der Waals surface area contributed by atoms with Gasteiger partial charge in [0.05, 0.1) is 0 Å². The van der Waals surface area contributed by atoms with Crippen molar-refractivity contribution in [2.24, 2.45) is 17.8 Å². The standard InChI is InChI=1S/C28H36O2/c1-19(2)7-8-24(17-22-9-13-25(14-10-22)27(29)20(3)4)18-23-11-15-26(16-12-23)28(30)21(5)6/h8-16,19-21H,7,17-18H2,1-6H3. The number of benzene rings is 2. The van der Waals surface area contributed by atoms with Gasteiger partial charge in [0.2, 0.25) is 0 Å². The fraction of sp³-hybridized carbons (Fsp3) is 0.429. The van der Waals surface area contributed by atoms with Crippen molar-refractivity contribution >= 4 is 11.6 Å². The molecule has 0 unspecified atom stereocenters. The van der Waals surface area contributed by atoms with Gasteiger partial charge in [-0.25, -0.2) is 0 Å². The van der Waals surface area contributed by atoms with Crippen LogP contribution in [0.4, 0.5) is 0 Å². The summed E-state index contributed by atoms with van der Waals surface area (Å²) >= 11 is 0. The Morgan fingerprint density at radius 2 is 1.03 bits per heavy atom. The molecule has 30 heavy (non-hydrogen) atoms. The molecule has 160 valence electrons. The topological polar surface area (TPSA) is 34.1 Å². The molecule has 2 aromatic rings. The first-order valence-corrected chi connectivity index (χ1v) is 11.1. The van der Waals surface area contributed by atoms with Gasteiger partial charge in [0.25, 0.3) is 0 Å². The summed E-state index contributed by atoms with van der Waals surface area (Å²) in [7, 11) is 0. The van der Waals surface area contributed by atoms with E-state index in [9.17, 15) is 9.59 Å². The van der Waals surface area contributed by atoms with Gasteiger partial charge in [0, 0.05) is 23.0 Å². The van der Waals surface area contributed by atoms with Gasteiger partial charge in [0.15, 0.2) is 11.6 Å². The molecule has 2 rings (SSSR count). The molecule has 2 heteroatoms. The van der Waals surface area contributed by atoms with Gasteiger partial charge < -0.3 is 0 Å². The van der Waals surface area contributed by atoms with Crippen LogP contribution in [0.2, 0.25) is 0 Å². The monoisotopic (exact) mass is 404 g/mol. The zero-order valence-corrected chi connectivity index (χ0v) is 19.4. The second kappa shape index (κ2) is 11.1. The van der Waals surface area contributed by atoms with Crippen molar-refractivity contribution in [1.29, 1.82) is 0 Å². The van der Waals surface area contributed by atoms with E-state index in [1.54, 1.807) is 0 Å². The number of ketones is 2. The molecule has 0 N–H and O–H groups in total. The van der Waals surface area contributed by atoms with E-state index < -0.39 is 0 Å². The molecular weight excluding hydrogens is 368 g/mol. The molecule has 0 radical (unpaired) electrons. The van der Waals surface area contributed by atoms with E-state index in [0.29, 0.717) is 5.92 Å². The highest BCUT2D eigenvalue weighted by Crippen LogP contribution is 2.19. The average Bonchev–Trinajstić information content (AvgIpc) is 2.71. The summed E-state index contributed by atoms with van der Waals surface area (Å²) in [5, 5.41) is 0. The molecule has 0 saturated carbocycles. The number of rotatable bonds is 10. The number of Topliss-reactive ketones (excluding diaryl/α,β-unsaturated/α-hetero) is 2. The zero-order valence-electron chi connectivity index (χ0n) is 19.4. The summed E-state index contributed by atoms with van der Waals surface area (Å²) in [4.78, 5) is 24.4. The van der Waals surface area contributed by atoms with Crippen LogP contribution in [-0.4, -0.2) is 11.6 Å². The molecule has 0 aromatic heterocycles. The minimum absolute atomic E-state index is 0.0166. The van der Waals surface area contributed by atoms with Crippen LogP contribution in [-0.2, 0) is 12.8 Å². The summed E-state index contributed by atoms with van der Waals surface area (Å²) in [6.45, 7) is 12.2. The molecule has 0 heterocycles. The second-order valence-electron chi connectivity index (χ2n) is 9.28. The predicted molar refractivity (Wildman–Crippen MR) is 126 cm³/mol. The van der Waals surface area contributed by atoms with Gasteiger partial charge in [-0.3, -0.25) is 9.59 Å². The third-order valence-electron chi connectivity index (χ3n) is 5.27. The maximum Gasteiger partial charge on any atom is 0.165 e. The first-order valence-electron chi connectivity index (χ1n) is 11.1. The molecule has 0 amide bonds. The van der Waals surface area contributed by atoms with E-state index >= 15 is 0 Å². The van der Waals surface area contributed by atoms with Gasteiger partial charge in [0.1, 0.15) is 0 Å². The lowest BCUT2D eigenvalue weighted by atomic mass is 9.93. The number of hydrogen-bond acceptors (Lipinski definition) is 2. The number of hydrogen-bond donors (Lipinski definition) is 0. The number of carbonyl (C=O) groups excluding carboxylic acids is 2. The van der Waals surface area contributed by atoms with Crippen LogP contribution in [0.15, 0.2) is 60.2 Å². The van der Waals surface area contributed by atoms with Crippen LogP contribution >= 0.6 is 0 Å². The molecule has 0 spiro atoms. The Bertz CT molecular complexity index is 798. The molecule has 0 aliphatic rings. The number of allylic oxidation sites excluding steroid dienone is 2.